The molecule has 2 rings (SSSR count). The molecule has 1 atom stereocenters. The first-order valence-corrected chi connectivity index (χ1v) is 6.41. The lowest BCUT2D eigenvalue weighted by Crippen LogP contribution is -2.35. The summed E-state index contributed by atoms with van der Waals surface area (Å²) in [5.74, 6) is 0.392. The Labute approximate surface area is 97.5 Å². The smallest absolute Gasteiger partial charge is 0.106 e. The van der Waals surface area contributed by atoms with Crippen LogP contribution in [0.15, 0.2) is 12.3 Å². The molecule has 0 bridgehead atoms. The first-order chi connectivity index (χ1) is 7.66. The zero-order chi connectivity index (χ0) is 11.6. The molecule has 1 aromatic heterocycles. The molecule has 1 aliphatic carbocycles. The molecule has 90 valence electrons. The summed E-state index contributed by atoms with van der Waals surface area (Å²) in [5.41, 5.74) is 0.259. The minimum Gasteiger partial charge on any atom is -0.384 e. The molecule has 1 aromatic rings. The van der Waals surface area contributed by atoms with Crippen LogP contribution in [0.2, 0.25) is 0 Å². The van der Waals surface area contributed by atoms with Gasteiger partial charge >= 0.3 is 0 Å². The fourth-order valence-electron chi connectivity index (χ4n) is 2.89. The molecule has 3 heteroatoms. The van der Waals surface area contributed by atoms with E-state index in [4.69, 9.17) is 0 Å². The van der Waals surface area contributed by atoms with E-state index < -0.39 is 5.60 Å². The van der Waals surface area contributed by atoms with Gasteiger partial charge in [-0.2, -0.15) is 5.10 Å². The molecule has 1 fully saturated rings. The van der Waals surface area contributed by atoms with Crippen LogP contribution in [0.25, 0.3) is 0 Å². The fraction of sp³-hybridized carbons (Fsp3) is 0.769. The van der Waals surface area contributed by atoms with E-state index in [9.17, 15) is 5.11 Å². The van der Waals surface area contributed by atoms with E-state index in [1.165, 1.54) is 19.3 Å². The van der Waals surface area contributed by atoms with Crippen LogP contribution in [-0.4, -0.2) is 14.9 Å². The van der Waals surface area contributed by atoms with Gasteiger partial charge in [0.25, 0.3) is 0 Å². The summed E-state index contributed by atoms with van der Waals surface area (Å²) in [5, 5.41) is 15.0. The van der Waals surface area contributed by atoms with Gasteiger partial charge in [-0.3, -0.25) is 4.68 Å². The monoisotopic (exact) mass is 222 g/mol. The number of rotatable bonds is 3. The molecule has 0 amide bonds. The Morgan fingerprint density at radius 3 is 2.75 bits per heavy atom. The van der Waals surface area contributed by atoms with Crippen molar-refractivity contribution in [1.82, 2.24) is 9.78 Å². The number of hydrogen-bond donors (Lipinski definition) is 1. The highest BCUT2D eigenvalue weighted by atomic mass is 16.3. The highest BCUT2D eigenvalue weighted by Gasteiger charge is 2.36. The molecule has 0 spiro atoms. The number of aromatic nitrogens is 2. The Kier molecular flexibility index (Phi) is 3.33. The number of aryl methyl sites for hydroxylation is 1. The minimum atomic E-state index is -0.715. The van der Waals surface area contributed by atoms with Gasteiger partial charge in [-0.25, -0.2) is 0 Å². The summed E-state index contributed by atoms with van der Waals surface area (Å²) < 4.78 is 1.91. The van der Waals surface area contributed by atoms with E-state index in [0.29, 0.717) is 5.92 Å². The third kappa shape index (κ3) is 2.01. The van der Waals surface area contributed by atoms with Crippen molar-refractivity contribution in [2.24, 2.45) is 5.92 Å². The van der Waals surface area contributed by atoms with Crippen LogP contribution in [0.4, 0.5) is 0 Å². The molecule has 0 aliphatic heterocycles. The van der Waals surface area contributed by atoms with Gasteiger partial charge in [-0.05, 0) is 38.7 Å². The summed E-state index contributed by atoms with van der Waals surface area (Å²) in [6.45, 7) is 4.84. The summed E-state index contributed by atoms with van der Waals surface area (Å²) in [6.07, 6.45) is 7.89. The van der Waals surface area contributed by atoms with E-state index in [1.54, 1.807) is 6.20 Å². The van der Waals surface area contributed by atoms with E-state index in [2.05, 4.69) is 12.0 Å². The summed E-state index contributed by atoms with van der Waals surface area (Å²) >= 11 is 0. The van der Waals surface area contributed by atoms with E-state index >= 15 is 0 Å². The van der Waals surface area contributed by atoms with Crippen LogP contribution >= 0.6 is 0 Å². The average Bonchev–Trinajstić information content (AvgIpc) is 2.79. The van der Waals surface area contributed by atoms with E-state index in [-0.39, 0.29) is 0 Å². The van der Waals surface area contributed by atoms with Crippen molar-refractivity contribution >= 4 is 0 Å². The molecule has 1 N–H and O–H groups in total. The Morgan fingerprint density at radius 2 is 2.12 bits per heavy atom. The van der Waals surface area contributed by atoms with Crippen LogP contribution in [0.5, 0.6) is 0 Å². The molecular formula is C13H22N2O. The standard InChI is InChI=1S/C13H22N2O/c1-3-15-12(9-10-14-15)13(2,16)11-7-5-4-6-8-11/h9-11,16H,3-8H2,1-2H3. The highest BCUT2D eigenvalue weighted by molar-refractivity contribution is 5.12. The van der Waals surface area contributed by atoms with Gasteiger partial charge in [0.05, 0.1) is 5.69 Å². The van der Waals surface area contributed by atoms with Crippen LogP contribution < -0.4 is 0 Å². The Balaban J connectivity index is 2.22. The normalized spacial score (nSPS) is 21.9. The Bertz CT molecular complexity index is 337. The summed E-state index contributed by atoms with van der Waals surface area (Å²) in [4.78, 5) is 0. The lowest BCUT2D eigenvalue weighted by Gasteiger charge is -2.35. The van der Waals surface area contributed by atoms with Gasteiger partial charge in [-0.15, -0.1) is 0 Å². The second-order valence-corrected chi connectivity index (χ2v) is 5.01. The SMILES string of the molecule is CCn1nccc1C(C)(O)C1CCCCC1. The molecule has 1 aliphatic rings. The van der Waals surface area contributed by atoms with Gasteiger partial charge < -0.3 is 5.11 Å². The maximum atomic E-state index is 10.8. The van der Waals surface area contributed by atoms with Gasteiger partial charge in [0.15, 0.2) is 0 Å². The van der Waals surface area contributed by atoms with Crippen molar-refractivity contribution in [3.05, 3.63) is 18.0 Å². The molecule has 0 aromatic carbocycles. The van der Waals surface area contributed by atoms with E-state index in [1.807, 2.05) is 17.7 Å². The molecule has 1 saturated carbocycles. The first-order valence-electron chi connectivity index (χ1n) is 6.41. The predicted octanol–water partition coefficient (Wildman–Crippen LogP) is 2.69. The van der Waals surface area contributed by atoms with Gasteiger partial charge in [0.1, 0.15) is 5.60 Å². The van der Waals surface area contributed by atoms with Crippen LogP contribution in [0, 0.1) is 5.92 Å². The molecule has 0 radical (unpaired) electrons. The summed E-state index contributed by atoms with van der Waals surface area (Å²) in [6, 6.07) is 1.96. The van der Waals surface area contributed by atoms with E-state index in [0.717, 1.165) is 25.1 Å². The Morgan fingerprint density at radius 1 is 1.44 bits per heavy atom. The van der Waals surface area contributed by atoms with Crippen molar-refractivity contribution in [2.45, 2.75) is 58.1 Å². The zero-order valence-electron chi connectivity index (χ0n) is 10.3. The quantitative estimate of drug-likeness (QED) is 0.854. The van der Waals surface area contributed by atoms with Crippen molar-refractivity contribution in [3.8, 4) is 0 Å². The lowest BCUT2D eigenvalue weighted by molar-refractivity contribution is -0.0288. The second kappa shape index (κ2) is 4.58. The van der Waals surface area contributed by atoms with Crippen LogP contribution in [-0.2, 0) is 12.1 Å². The minimum absolute atomic E-state index is 0.392. The number of hydrogen-bond acceptors (Lipinski definition) is 2. The molecular weight excluding hydrogens is 200 g/mol. The van der Waals surface area contributed by atoms with Gasteiger partial charge in [0.2, 0.25) is 0 Å². The average molecular weight is 222 g/mol. The first kappa shape index (κ1) is 11.6. The molecule has 1 heterocycles. The number of aliphatic hydroxyl groups is 1. The third-order valence-corrected chi connectivity index (χ3v) is 3.93. The molecule has 16 heavy (non-hydrogen) atoms. The largest absolute Gasteiger partial charge is 0.384 e. The maximum Gasteiger partial charge on any atom is 0.106 e. The van der Waals surface area contributed by atoms with Crippen LogP contribution in [0.3, 0.4) is 0 Å². The van der Waals surface area contributed by atoms with Gasteiger partial charge in [-0.1, -0.05) is 19.3 Å². The lowest BCUT2D eigenvalue weighted by atomic mass is 9.76. The van der Waals surface area contributed by atoms with Crippen molar-refractivity contribution < 1.29 is 5.11 Å². The van der Waals surface area contributed by atoms with Crippen molar-refractivity contribution in [1.29, 1.82) is 0 Å². The maximum absolute atomic E-state index is 10.8. The molecule has 1 unspecified atom stereocenters. The number of nitrogens with zero attached hydrogens (tertiary/aromatic N) is 2. The van der Waals surface area contributed by atoms with Gasteiger partial charge in [0, 0.05) is 12.7 Å². The second-order valence-electron chi connectivity index (χ2n) is 5.01. The van der Waals surface area contributed by atoms with Crippen molar-refractivity contribution in [2.75, 3.05) is 0 Å². The third-order valence-electron chi connectivity index (χ3n) is 3.93. The van der Waals surface area contributed by atoms with Crippen molar-refractivity contribution in [3.63, 3.8) is 0 Å². The predicted molar refractivity (Wildman–Crippen MR) is 64.0 cm³/mol. The summed E-state index contributed by atoms with van der Waals surface area (Å²) in [7, 11) is 0. The van der Waals surface area contributed by atoms with Crippen LogP contribution in [0.1, 0.15) is 51.6 Å². The Hall–Kier alpha value is -0.830. The highest BCUT2D eigenvalue weighted by Crippen LogP contribution is 2.38. The zero-order valence-corrected chi connectivity index (χ0v) is 10.3. The topological polar surface area (TPSA) is 38.0 Å². The fourth-order valence-corrected chi connectivity index (χ4v) is 2.89. The molecule has 0 saturated heterocycles. The molecule has 3 nitrogen and oxygen atoms in total.